The Morgan fingerprint density at radius 2 is 2.19 bits per heavy atom. The summed E-state index contributed by atoms with van der Waals surface area (Å²) in [4.78, 5) is 2.68. The molecule has 0 amide bonds. The van der Waals surface area contributed by atoms with Crippen LogP contribution in [0.5, 0.6) is 0 Å². The second-order valence-corrected chi connectivity index (χ2v) is 5.65. The van der Waals surface area contributed by atoms with Crippen molar-refractivity contribution in [1.82, 2.24) is 10.2 Å². The molecular weight excluding hydrogens is 200 g/mol. The van der Waals surface area contributed by atoms with E-state index in [9.17, 15) is 0 Å². The molecule has 1 saturated heterocycles. The van der Waals surface area contributed by atoms with Crippen molar-refractivity contribution in [2.24, 2.45) is 0 Å². The number of nitrogens with zero attached hydrogens (tertiary/aromatic N) is 1. The van der Waals surface area contributed by atoms with E-state index >= 15 is 0 Å². The molecule has 1 N–H and O–H groups in total. The third-order valence-electron chi connectivity index (χ3n) is 4.43. The molecule has 1 unspecified atom stereocenters. The van der Waals surface area contributed by atoms with E-state index in [1.165, 1.54) is 45.3 Å². The zero-order chi connectivity index (χ0) is 11.6. The fourth-order valence-corrected chi connectivity index (χ4v) is 2.83. The SMILES string of the molecule is CCC1(C)CN(C2CC(OC)C2)CCCN1. The summed E-state index contributed by atoms with van der Waals surface area (Å²) in [6.07, 6.45) is 5.48. The standard InChI is InChI=1S/C13H26N2O/c1-4-13(2)10-15(7-5-6-14-13)11-8-12(9-11)16-3/h11-12,14H,4-10H2,1-3H3. The highest BCUT2D eigenvalue weighted by molar-refractivity contribution is 4.95. The van der Waals surface area contributed by atoms with Crippen LogP contribution in [0.3, 0.4) is 0 Å². The molecule has 94 valence electrons. The number of ether oxygens (including phenoxy) is 1. The van der Waals surface area contributed by atoms with E-state index in [2.05, 4.69) is 24.1 Å². The number of nitrogens with one attached hydrogen (secondary N) is 1. The smallest absolute Gasteiger partial charge is 0.0601 e. The summed E-state index contributed by atoms with van der Waals surface area (Å²) in [6.45, 7) is 8.27. The summed E-state index contributed by atoms with van der Waals surface area (Å²) >= 11 is 0. The van der Waals surface area contributed by atoms with Gasteiger partial charge in [-0.15, -0.1) is 0 Å². The van der Waals surface area contributed by atoms with Crippen LogP contribution in [0.25, 0.3) is 0 Å². The zero-order valence-corrected chi connectivity index (χ0v) is 11.0. The summed E-state index contributed by atoms with van der Waals surface area (Å²) in [6, 6.07) is 0.774. The average Bonchev–Trinajstić information content (AvgIpc) is 2.40. The van der Waals surface area contributed by atoms with Gasteiger partial charge >= 0.3 is 0 Å². The molecule has 0 radical (unpaired) electrons. The highest BCUT2D eigenvalue weighted by Crippen LogP contribution is 2.30. The van der Waals surface area contributed by atoms with Gasteiger partial charge in [-0.05, 0) is 45.7 Å². The highest BCUT2D eigenvalue weighted by Gasteiger charge is 2.37. The Kier molecular flexibility index (Phi) is 3.88. The van der Waals surface area contributed by atoms with Crippen LogP contribution >= 0.6 is 0 Å². The maximum Gasteiger partial charge on any atom is 0.0601 e. The van der Waals surface area contributed by atoms with E-state index in [4.69, 9.17) is 4.74 Å². The molecule has 0 aromatic carbocycles. The van der Waals surface area contributed by atoms with Crippen LogP contribution in [0.1, 0.15) is 39.5 Å². The lowest BCUT2D eigenvalue weighted by Gasteiger charge is -2.44. The Morgan fingerprint density at radius 1 is 1.44 bits per heavy atom. The molecule has 3 nitrogen and oxygen atoms in total. The quantitative estimate of drug-likeness (QED) is 0.791. The van der Waals surface area contributed by atoms with Crippen molar-refractivity contribution in [2.75, 3.05) is 26.7 Å². The molecule has 1 aliphatic heterocycles. The zero-order valence-electron chi connectivity index (χ0n) is 11.0. The third-order valence-corrected chi connectivity index (χ3v) is 4.43. The lowest BCUT2D eigenvalue weighted by Crippen LogP contribution is -2.54. The lowest BCUT2D eigenvalue weighted by atomic mass is 9.86. The first-order chi connectivity index (χ1) is 7.67. The van der Waals surface area contributed by atoms with Crippen molar-refractivity contribution in [3.05, 3.63) is 0 Å². The summed E-state index contributed by atoms with van der Waals surface area (Å²) < 4.78 is 5.37. The van der Waals surface area contributed by atoms with Gasteiger partial charge in [0.2, 0.25) is 0 Å². The van der Waals surface area contributed by atoms with Gasteiger partial charge in [0.25, 0.3) is 0 Å². The van der Waals surface area contributed by atoms with Gasteiger partial charge < -0.3 is 10.1 Å². The molecule has 2 rings (SSSR count). The van der Waals surface area contributed by atoms with Crippen molar-refractivity contribution in [3.63, 3.8) is 0 Å². The topological polar surface area (TPSA) is 24.5 Å². The number of rotatable bonds is 3. The second-order valence-electron chi connectivity index (χ2n) is 5.65. The molecule has 1 aliphatic carbocycles. The van der Waals surface area contributed by atoms with Crippen LogP contribution in [0.2, 0.25) is 0 Å². The van der Waals surface area contributed by atoms with Gasteiger partial charge in [0, 0.05) is 25.2 Å². The van der Waals surface area contributed by atoms with Crippen LogP contribution in [-0.2, 0) is 4.74 Å². The van der Waals surface area contributed by atoms with Crippen LogP contribution in [-0.4, -0.2) is 49.3 Å². The number of hydrogen-bond acceptors (Lipinski definition) is 3. The first kappa shape index (κ1) is 12.3. The summed E-state index contributed by atoms with van der Waals surface area (Å²) in [5, 5.41) is 3.69. The first-order valence-electron chi connectivity index (χ1n) is 6.69. The van der Waals surface area contributed by atoms with Crippen molar-refractivity contribution in [3.8, 4) is 0 Å². The molecule has 0 spiro atoms. The fourth-order valence-electron chi connectivity index (χ4n) is 2.83. The molecule has 2 fully saturated rings. The van der Waals surface area contributed by atoms with Crippen molar-refractivity contribution in [2.45, 2.75) is 57.2 Å². The summed E-state index contributed by atoms with van der Waals surface area (Å²) in [5.74, 6) is 0. The average molecular weight is 226 g/mol. The Labute approximate surface area is 99.5 Å². The van der Waals surface area contributed by atoms with Gasteiger partial charge in [0.15, 0.2) is 0 Å². The van der Waals surface area contributed by atoms with Gasteiger partial charge in [-0.3, -0.25) is 4.90 Å². The molecule has 2 aliphatic rings. The Morgan fingerprint density at radius 3 is 2.81 bits per heavy atom. The molecule has 3 heteroatoms. The molecule has 0 aromatic heterocycles. The Balaban J connectivity index is 1.89. The van der Waals surface area contributed by atoms with E-state index in [0.29, 0.717) is 11.6 Å². The lowest BCUT2D eigenvalue weighted by molar-refractivity contribution is -0.0311. The number of hydrogen-bond donors (Lipinski definition) is 1. The van der Waals surface area contributed by atoms with Crippen molar-refractivity contribution < 1.29 is 4.74 Å². The maximum absolute atomic E-state index is 5.37. The molecule has 16 heavy (non-hydrogen) atoms. The first-order valence-corrected chi connectivity index (χ1v) is 6.69. The predicted molar refractivity (Wildman–Crippen MR) is 66.7 cm³/mol. The van der Waals surface area contributed by atoms with Gasteiger partial charge in [0.05, 0.1) is 6.10 Å². The Bertz CT molecular complexity index is 228. The van der Waals surface area contributed by atoms with E-state index in [1.54, 1.807) is 0 Å². The minimum absolute atomic E-state index is 0.314. The minimum Gasteiger partial charge on any atom is -0.381 e. The Hall–Kier alpha value is -0.120. The van der Waals surface area contributed by atoms with Crippen LogP contribution in [0.15, 0.2) is 0 Å². The largest absolute Gasteiger partial charge is 0.381 e. The highest BCUT2D eigenvalue weighted by atomic mass is 16.5. The normalized spacial score (nSPS) is 41.4. The second kappa shape index (κ2) is 5.03. The van der Waals surface area contributed by atoms with Crippen LogP contribution in [0.4, 0.5) is 0 Å². The molecule has 0 bridgehead atoms. The minimum atomic E-state index is 0.314. The summed E-state index contributed by atoms with van der Waals surface area (Å²) in [7, 11) is 1.83. The van der Waals surface area contributed by atoms with E-state index in [1.807, 2.05) is 7.11 Å². The molecular formula is C13H26N2O. The molecule has 0 aromatic rings. The maximum atomic E-state index is 5.37. The monoisotopic (exact) mass is 226 g/mol. The van der Waals surface area contributed by atoms with Crippen molar-refractivity contribution in [1.29, 1.82) is 0 Å². The van der Waals surface area contributed by atoms with Crippen LogP contribution in [0, 0.1) is 0 Å². The van der Waals surface area contributed by atoms with Gasteiger partial charge in [0.1, 0.15) is 0 Å². The van der Waals surface area contributed by atoms with E-state index < -0.39 is 0 Å². The fraction of sp³-hybridized carbons (Fsp3) is 1.00. The van der Waals surface area contributed by atoms with E-state index in [0.717, 1.165) is 6.04 Å². The van der Waals surface area contributed by atoms with E-state index in [-0.39, 0.29) is 0 Å². The predicted octanol–water partition coefficient (Wildman–Crippen LogP) is 1.63. The third kappa shape index (κ3) is 2.58. The summed E-state index contributed by atoms with van der Waals surface area (Å²) in [5.41, 5.74) is 0.314. The number of methoxy groups -OCH3 is 1. The van der Waals surface area contributed by atoms with Crippen molar-refractivity contribution >= 4 is 0 Å². The van der Waals surface area contributed by atoms with Gasteiger partial charge in [-0.2, -0.15) is 0 Å². The van der Waals surface area contributed by atoms with Gasteiger partial charge in [-0.1, -0.05) is 6.92 Å². The molecule has 1 atom stereocenters. The van der Waals surface area contributed by atoms with Gasteiger partial charge in [-0.25, -0.2) is 0 Å². The van der Waals surface area contributed by atoms with Crippen LogP contribution < -0.4 is 5.32 Å². The molecule has 1 heterocycles. The molecule has 1 saturated carbocycles.